The van der Waals surface area contributed by atoms with E-state index < -0.39 is 0 Å². The first-order chi connectivity index (χ1) is 9.25. The van der Waals surface area contributed by atoms with Crippen LogP contribution in [-0.4, -0.2) is 45.3 Å². The van der Waals surface area contributed by atoms with Crippen molar-refractivity contribution in [2.24, 2.45) is 0 Å². The molecule has 1 aromatic rings. The highest BCUT2D eigenvalue weighted by Gasteiger charge is 2.13. The molecule has 1 amide bonds. The standard InChI is InChI=1S/C14H19ClN2O2/c15-13-4-1-3-12(11-13)14(18)16-5-2-6-17-7-9-19-10-8-17/h1,3-4,11H,2,5-10H2,(H,16,18)/p+1. The summed E-state index contributed by atoms with van der Waals surface area (Å²) < 4.78 is 5.31. The van der Waals surface area contributed by atoms with Crippen molar-refractivity contribution < 1.29 is 14.4 Å². The monoisotopic (exact) mass is 283 g/mol. The Morgan fingerprint density at radius 1 is 1.37 bits per heavy atom. The predicted molar refractivity (Wildman–Crippen MR) is 74.8 cm³/mol. The van der Waals surface area contributed by atoms with Crippen LogP contribution >= 0.6 is 11.6 Å². The Kier molecular flexibility index (Phi) is 5.63. The molecule has 0 atom stereocenters. The van der Waals surface area contributed by atoms with Crippen molar-refractivity contribution >= 4 is 17.5 Å². The number of quaternary nitrogens is 1. The summed E-state index contributed by atoms with van der Waals surface area (Å²) in [4.78, 5) is 13.4. The molecule has 2 N–H and O–H groups in total. The summed E-state index contributed by atoms with van der Waals surface area (Å²) >= 11 is 5.86. The molecule has 1 aliphatic rings. The van der Waals surface area contributed by atoms with Crippen LogP contribution in [0.15, 0.2) is 24.3 Å². The minimum atomic E-state index is -0.0560. The van der Waals surface area contributed by atoms with Gasteiger partial charge in [0.05, 0.1) is 19.8 Å². The minimum absolute atomic E-state index is 0.0560. The molecule has 0 aromatic heterocycles. The first-order valence-corrected chi connectivity index (χ1v) is 7.08. The number of carbonyl (C=O) groups is 1. The van der Waals surface area contributed by atoms with Crippen LogP contribution < -0.4 is 10.2 Å². The second-order valence-electron chi connectivity index (χ2n) is 4.73. The van der Waals surface area contributed by atoms with Crippen molar-refractivity contribution in [3.05, 3.63) is 34.9 Å². The van der Waals surface area contributed by atoms with Crippen molar-refractivity contribution in [2.75, 3.05) is 39.4 Å². The van der Waals surface area contributed by atoms with Gasteiger partial charge in [-0.1, -0.05) is 17.7 Å². The van der Waals surface area contributed by atoms with Crippen molar-refractivity contribution in [3.63, 3.8) is 0 Å². The first-order valence-electron chi connectivity index (χ1n) is 6.71. The Hall–Kier alpha value is -1.10. The maximum absolute atomic E-state index is 11.9. The van der Waals surface area contributed by atoms with Gasteiger partial charge in [0.15, 0.2) is 0 Å². The number of nitrogens with one attached hydrogen (secondary N) is 2. The fourth-order valence-electron chi connectivity index (χ4n) is 2.18. The molecular weight excluding hydrogens is 264 g/mol. The Morgan fingerprint density at radius 3 is 2.89 bits per heavy atom. The third kappa shape index (κ3) is 4.82. The van der Waals surface area contributed by atoms with E-state index in [1.165, 1.54) is 0 Å². The molecule has 1 aromatic carbocycles. The molecule has 1 heterocycles. The lowest BCUT2D eigenvalue weighted by molar-refractivity contribution is -0.908. The van der Waals surface area contributed by atoms with Gasteiger partial charge in [-0.25, -0.2) is 0 Å². The molecule has 1 saturated heterocycles. The zero-order chi connectivity index (χ0) is 13.5. The molecule has 0 spiro atoms. The van der Waals surface area contributed by atoms with E-state index in [0.717, 1.165) is 39.3 Å². The van der Waals surface area contributed by atoms with Crippen LogP contribution in [0.2, 0.25) is 5.02 Å². The zero-order valence-electron chi connectivity index (χ0n) is 11.0. The van der Waals surface area contributed by atoms with E-state index in [9.17, 15) is 4.79 Å². The molecular formula is C14H20ClN2O2+. The Labute approximate surface area is 118 Å². The van der Waals surface area contributed by atoms with Crippen LogP contribution in [0.5, 0.6) is 0 Å². The number of benzene rings is 1. The molecule has 0 unspecified atom stereocenters. The fourth-order valence-corrected chi connectivity index (χ4v) is 2.37. The molecule has 4 nitrogen and oxygen atoms in total. The molecule has 0 saturated carbocycles. The fraction of sp³-hybridized carbons (Fsp3) is 0.500. The average molecular weight is 284 g/mol. The lowest BCUT2D eigenvalue weighted by Crippen LogP contribution is -3.14. The lowest BCUT2D eigenvalue weighted by atomic mass is 10.2. The van der Waals surface area contributed by atoms with Gasteiger partial charge in [0.25, 0.3) is 5.91 Å². The van der Waals surface area contributed by atoms with E-state index in [2.05, 4.69) is 5.32 Å². The topological polar surface area (TPSA) is 42.8 Å². The summed E-state index contributed by atoms with van der Waals surface area (Å²) in [6.07, 6.45) is 0.988. The molecule has 1 aliphatic heterocycles. The van der Waals surface area contributed by atoms with Gasteiger partial charge in [0, 0.05) is 23.6 Å². The normalized spacial score (nSPS) is 16.3. The second-order valence-corrected chi connectivity index (χ2v) is 5.17. The highest BCUT2D eigenvalue weighted by Crippen LogP contribution is 2.10. The molecule has 0 bridgehead atoms. The summed E-state index contributed by atoms with van der Waals surface area (Å²) in [7, 11) is 0. The third-order valence-corrected chi connectivity index (χ3v) is 3.51. The highest BCUT2D eigenvalue weighted by molar-refractivity contribution is 6.30. The molecule has 2 rings (SSSR count). The van der Waals surface area contributed by atoms with Crippen molar-refractivity contribution in [3.8, 4) is 0 Å². The van der Waals surface area contributed by atoms with E-state index in [-0.39, 0.29) is 5.91 Å². The third-order valence-electron chi connectivity index (χ3n) is 3.28. The summed E-state index contributed by atoms with van der Waals surface area (Å²) in [6.45, 7) is 5.63. The van der Waals surface area contributed by atoms with Crippen LogP contribution in [-0.2, 0) is 4.74 Å². The van der Waals surface area contributed by atoms with Crippen LogP contribution in [0, 0.1) is 0 Å². The van der Waals surface area contributed by atoms with Crippen LogP contribution in [0.25, 0.3) is 0 Å². The van der Waals surface area contributed by atoms with Crippen molar-refractivity contribution in [1.29, 1.82) is 0 Å². The number of hydrogen-bond donors (Lipinski definition) is 2. The Bertz CT molecular complexity index is 420. The molecule has 0 radical (unpaired) electrons. The van der Waals surface area contributed by atoms with Crippen LogP contribution in [0.4, 0.5) is 0 Å². The number of carbonyl (C=O) groups excluding carboxylic acids is 1. The highest BCUT2D eigenvalue weighted by atomic mass is 35.5. The second kappa shape index (κ2) is 7.48. The van der Waals surface area contributed by atoms with Gasteiger partial charge in [-0.2, -0.15) is 0 Å². The quantitative estimate of drug-likeness (QED) is 0.767. The van der Waals surface area contributed by atoms with E-state index in [0.29, 0.717) is 17.1 Å². The molecule has 19 heavy (non-hydrogen) atoms. The van der Waals surface area contributed by atoms with Gasteiger partial charge < -0.3 is 15.0 Å². The molecule has 1 fully saturated rings. The minimum Gasteiger partial charge on any atom is -0.370 e. The van der Waals surface area contributed by atoms with Gasteiger partial charge >= 0.3 is 0 Å². The maximum Gasteiger partial charge on any atom is 0.251 e. The predicted octanol–water partition coefficient (Wildman–Crippen LogP) is 0.375. The van der Waals surface area contributed by atoms with Gasteiger partial charge in [-0.05, 0) is 18.2 Å². The molecule has 0 aliphatic carbocycles. The summed E-state index contributed by atoms with van der Waals surface area (Å²) in [5.74, 6) is -0.0560. The van der Waals surface area contributed by atoms with Crippen molar-refractivity contribution in [1.82, 2.24) is 5.32 Å². The summed E-state index contributed by atoms with van der Waals surface area (Å²) in [5.41, 5.74) is 0.617. The summed E-state index contributed by atoms with van der Waals surface area (Å²) in [5, 5.41) is 3.51. The Morgan fingerprint density at radius 2 is 2.16 bits per heavy atom. The Balaban J connectivity index is 1.66. The van der Waals surface area contributed by atoms with Gasteiger partial charge in [-0.3, -0.25) is 4.79 Å². The van der Waals surface area contributed by atoms with Crippen LogP contribution in [0.1, 0.15) is 16.8 Å². The zero-order valence-corrected chi connectivity index (χ0v) is 11.7. The maximum atomic E-state index is 11.9. The van der Waals surface area contributed by atoms with E-state index in [4.69, 9.17) is 16.3 Å². The number of halogens is 1. The number of ether oxygens (including phenoxy) is 1. The molecule has 104 valence electrons. The number of morpholine rings is 1. The van der Waals surface area contributed by atoms with Gasteiger partial charge in [-0.15, -0.1) is 0 Å². The number of hydrogen-bond acceptors (Lipinski definition) is 2. The number of rotatable bonds is 5. The molecule has 5 heteroatoms. The van der Waals surface area contributed by atoms with Gasteiger partial charge in [0.2, 0.25) is 0 Å². The van der Waals surface area contributed by atoms with Gasteiger partial charge in [0.1, 0.15) is 13.1 Å². The van der Waals surface area contributed by atoms with E-state index >= 15 is 0 Å². The van der Waals surface area contributed by atoms with Crippen LogP contribution in [0.3, 0.4) is 0 Å². The van der Waals surface area contributed by atoms with E-state index in [1.807, 2.05) is 0 Å². The smallest absolute Gasteiger partial charge is 0.251 e. The lowest BCUT2D eigenvalue weighted by Gasteiger charge is -2.23. The average Bonchev–Trinajstić information content (AvgIpc) is 2.44. The first kappa shape index (κ1) is 14.3. The number of amides is 1. The summed E-state index contributed by atoms with van der Waals surface area (Å²) in [6, 6.07) is 7.01. The van der Waals surface area contributed by atoms with Crippen molar-refractivity contribution in [2.45, 2.75) is 6.42 Å². The largest absolute Gasteiger partial charge is 0.370 e. The van der Waals surface area contributed by atoms with E-state index in [1.54, 1.807) is 29.2 Å². The SMILES string of the molecule is O=C(NCCC[NH+]1CCOCC1)c1cccc(Cl)c1.